The van der Waals surface area contributed by atoms with Gasteiger partial charge in [-0.2, -0.15) is 0 Å². The molecule has 1 aromatic heterocycles. The minimum Gasteiger partial charge on any atom is -0.481 e. The zero-order valence-electron chi connectivity index (χ0n) is 15.3. The quantitative estimate of drug-likeness (QED) is 0.734. The molecule has 0 atom stereocenters. The summed E-state index contributed by atoms with van der Waals surface area (Å²) in [5, 5.41) is 2.72. The SMILES string of the molecule is CCN(CCC(=O)Nc1ccc(C(N)=O)cc1)C(=O)c1ccc(OC)nc1. The highest BCUT2D eigenvalue weighted by atomic mass is 16.5. The number of aromatic nitrogens is 1. The fourth-order valence-electron chi connectivity index (χ4n) is 2.39. The fourth-order valence-corrected chi connectivity index (χ4v) is 2.39. The van der Waals surface area contributed by atoms with E-state index in [2.05, 4.69) is 10.3 Å². The van der Waals surface area contributed by atoms with Crippen LogP contribution >= 0.6 is 0 Å². The van der Waals surface area contributed by atoms with Crippen LogP contribution in [0.2, 0.25) is 0 Å². The van der Waals surface area contributed by atoms with Crippen LogP contribution in [0.15, 0.2) is 42.6 Å². The van der Waals surface area contributed by atoms with Gasteiger partial charge < -0.3 is 20.7 Å². The van der Waals surface area contributed by atoms with E-state index in [-0.39, 0.29) is 24.8 Å². The van der Waals surface area contributed by atoms with Crippen molar-refractivity contribution in [2.45, 2.75) is 13.3 Å². The second-order valence-corrected chi connectivity index (χ2v) is 5.71. The lowest BCUT2D eigenvalue weighted by Crippen LogP contribution is -2.33. The number of ether oxygens (including phenoxy) is 1. The molecule has 0 radical (unpaired) electrons. The number of methoxy groups -OCH3 is 1. The van der Waals surface area contributed by atoms with Crippen LogP contribution in [0, 0.1) is 0 Å². The molecule has 1 aromatic carbocycles. The molecule has 0 unspecified atom stereocenters. The van der Waals surface area contributed by atoms with Gasteiger partial charge in [-0.05, 0) is 37.3 Å². The number of nitrogens with one attached hydrogen (secondary N) is 1. The smallest absolute Gasteiger partial charge is 0.255 e. The monoisotopic (exact) mass is 370 g/mol. The maximum absolute atomic E-state index is 12.5. The van der Waals surface area contributed by atoms with Crippen molar-refractivity contribution in [3.63, 3.8) is 0 Å². The molecule has 0 aliphatic carbocycles. The van der Waals surface area contributed by atoms with Gasteiger partial charge in [0.1, 0.15) is 0 Å². The Labute approximate surface area is 157 Å². The van der Waals surface area contributed by atoms with Crippen LogP contribution in [0.1, 0.15) is 34.1 Å². The van der Waals surface area contributed by atoms with Gasteiger partial charge in [0.2, 0.25) is 17.7 Å². The first-order valence-electron chi connectivity index (χ1n) is 8.43. The summed E-state index contributed by atoms with van der Waals surface area (Å²) < 4.78 is 4.98. The number of hydrogen-bond acceptors (Lipinski definition) is 5. The summed E-state index contributed by atoms with van der Waals surface area (Å²) in [6, 6.07) is 9.53. The van der Waals surface area contributed by atoms with Crippen molar-refractivity contribution in [3.8, 4) is 5.88 Å². The molecule has 0 aliphatic heterocycles. The molecule has 27 heavy (non-hydrogen) atoms. The van der Waals surface area contributed by atoms with E-state index in [1.165, 1.54) is 25.4 Å². The second-order valence-electron chi connectivity index (χ2n) is 5.71. The average molecular weight is 370 g/mol. The Morgan fingerprint density at radius 1 is 1.11 bits per heavy atom. The van der Waals surface area contributed by atoms with E-state index in [0.717, 1.165) is 0 Å². The minimum atomic E-state index is -0.530. The molecule has 2 rings (SSSR count). The summed E-state index contributed by atoms with van der Waals surface area (Å²) in [4.78, 5) is 41.3. The Bertz CT molecular complexity index is 803. The zero-order chi connectivity index (χ0) is 19.8. The van der Waals surface area contributed by atoms with Crippen molar-refractivity contribution >= 4 is 23.4 Å². The predicted octanol–water partition coefficient (Wildman–Crippen LogP) is 1.68. The molecule has 0 bridgehead atoms. The van der Waals surface area contributed by atoms with Crippen molar-refractivity contribution < 1.29 is 19.1 Å². The summed E-state index contributed by atoms with van der Waals surface area (Å²) in [7, 11) is 1.50. The van der Waals surface area contributed by atoms with Crippen LogP contribution in [-0.4, -0.2) is 47.8 Å². The van der Waals surface area contributed by atoms with Crippen molar-refractivity contribution in [1.82, 2.24) is 9.88 Å². The normalized spacial score (nSPS) is 10.1. The van der Waals surface area contributed by atoms with E-state index < -0.39 is 5.91 Å². The molecule has 3 amide bonds. The Morgan fingerprint density at radius 2 is 1.78 bits per heavy atom. The van der Waals surface area contributed by atoms with Crippen molar-refractivity contribution in [2.75, 3.05) is 25.5 Å². The van der Waals surface area contributed by atoms with Gasteiger partial charge in [-0.25, -0.2) is 4.98 Å². The van der Waals surface area contributed by atoms with Gasteiger partial charge in [0.15, 0.2) is 0 Å². The fraction of sp³-hybridized carbons (Fsp3) is 0.263. The Balaban J connectivity index is 1.90. The number of anilines is 1. The standard InChI is InChI=1S/C19H22N4O4/c1-3-23(19(26)14-6-9-17(27-2)21-12-14)11-10-16(24)22-15-7-4-13(5-8-15)18(20)25/h4-9,12H,3,10-11H2,1-2H3,(H2,20,25)(H,22,24). The Kier molecular flexibility index (Phi) is 6.87. The van der Waals surface area contributed by atoms with Crippen molar-refractivity contribution in [2.24, 2.45) is 5.73 Å². The van der Waals surface area contributed by atoms with Gasteiger partial charge in [-0.15, -0.1) is 0 Å². The lowest BCUT2D eigenvalue weighted by molar-refractivity contribution is -0.116. The van der Waals surface area contributed by atoms with Crippen LogP contribution in [0.25, 0.3) is 0 Å². The lowest BCUT2D eigenvalue weighted by atomic mass is 10.2. The molecular weight excluding hydrogens is 348 g/mol. The van der Waals surface area contributed by atoms with Gasteiger partial charge >= 0.3 is 0 Å². The number of benzene rings is 1. The molecular formula is C19H22N4O4. The maximum atomic E-state index is 12.5. The average Bonchev–Trinajstić information content (AvgIpc) is 2.68. The molecule has 0 saturated carbocycles. The molecule has 142 valence electrons. The molecule has 1 heterocycles. The number of carbonyl (C=O) groups excluding carboxylic acids is 3. The van der Waals surface area contributed by atoms with E-state index in [9.17, 15) is 14.4 Å². The summed E-state index contributed by atoms with van der Waals surface area (Å²) in [5.74, 6) is -0.540. The summed E-state index contributed by atoms with van der Waals surface area (Å²) in [5.41, 5.74) is 6.53. The van der Waals surface area contributed by atoms with Gasteiger partial charge in [0, 0.05) is 43.0 Å². The zero-order valence-corrected chi connectivity index (χ0v) is 15.3. The lowest BCUT2D eigenvalue weighted by Gasteiger charge is -2.20. The molecule has 8 nitrogen and oxygen atoms in total. The van der Waals surface area contributed by atoms with Gasteiger partial charge in [0.05, 0.1) is 12.7 Å². The molecule has 0 spiro atoms. The number of hydrogen-bond donors (Lipinski definition) is 2. The first kappa shape index (κ1) is 19.9. The number of primary amides is 1. The van der Waals surface area contributed by atoms with Gasteiger partial charge in [-0.1, -0.05) is 0 Å². The highest BCUT2D eigenvalue weighted by Crippen LogP contribution is 2.11. The highest BCUT2D eigenvalue weighted by Gasteiger charge is 2.16. The largest absolute Gasteiger partial charge is 0.481 e. The third-order valence-electron chi connectivity index (χ3n) is 3.92. The first-order valence-corrected chi connectivity index (χ1v) is 8.43. The van der Waals surface area contributed by atoms with E-state index >= 15 is 0 Å². The second kappa shape index (κ2) is 9.33. The van der Waals surface area contributed by atoms with E-state index in [4.69, 9.17) is 10.5 Å². The Morgan fingerprint density at radius 3 is 2.30 bits per heavy atom. The first-order chi connectivity index (χ1) is 12.9. The van der Waals surface area contributed by atoms with Crippen LogP contribution in [0.5, 0.6) is 5.88 Å². The maximum Gasteiger partial charge on any atom is 0.255 e. The summed E-state index contributed by atoms with van der Waals surface area (Å²) >= 11 is 0. The van der Waals surface area contributed by atoms with Crippen molar-refractivity contribution in [1.29, 1.82) is 0 Å². The number of amides is 3. The van der Waals surface area contributed by atoms with Crippen LogP contribution in [0.3, 0.4) is 0 Å². The van der Waals surface area contributed by atoms with E-state index in [0.29, 0.717) is 29.2 Å². The van der Waals surface area contributed by atoms with Crippen LogP contribution in [-0.2, 0) is 4.79 Å². The number of nitrogens with two attached hydrogens (primary N) is 1. The third-order valence-corrected chi connectivity index (χ3v) is 3.92. The van der Waals surface area contributed by atoms with Crippen LogP contribution in [0.4, 0.5) is 5.69 Å². The van der Waals surface area contributed by atoms with E-state index in [1.54, 1.807) is 29.2 Å². The van der Waals surface area contributed by atoms with Crippen molar-refractivity contribution in [3.05, 3.63) is 53.7 Å². The van der Waals surface area contributed by atoms with Gasteiger partial charge in [-0.3, -0.25) is 14.4 Å². The summed E-state index contributed by atoms with van der Waals surface area (Å²) in [6.45, 7) is 2.58. The Hall–Kier alpha value is -3.42. The number of nitrogens with zero attached hydrogens (tertiary/aromatic N) is 2. The molecule has 0 saturated heterocycles. The molecule has 2 aromatic rings. The van der Waals surface area contributed by atoms with Crippen LogP contribution < -0.4 is 15.8 Å². The summed E-state index contributed by atoms with van der Waals surface area (Å²) in [6.07, 6.45) is 1.59. The topological polar surface area (TPSA) is 115 Å². The molecule has 8 heteroatoms. The highest BCUT2D eigenvalue weighted by molar-refractivity contribution is 5.96. The molecule has 0 aliphatic rings. The van der Waals surface area contributed by atoms with Gasteiger partial charge in [0.25, 0.3) is 5.91 Å². The number of rotatable bonds is 8. The molecule has 0 fully saturated rings. The van der Waals surface area contributed by atoms with E-state index in [1.807, 2.05) is 6.92 Å². The number of carbonyl (C=O) groups is 3. The minimum absolute atomic E-state index is 0.140. The predicted molar refractivity (Wildman–Crippen MR) is 101 cm³/mol. The number of pyridine rings is 1. The molecule has 3 N–H and O–H groups in total. The third kappa shape index (κ3) is 5.53.